The van der Waals surface area contributed by atoms with Crippen LogP contribution in [0.5, 0.6) is 0 Å². The van der Waals surface area contributed by atoms with Crippen LogP contribution < -0.4 is 0 Å². The smallest absolute Gasteiger partial charge is 0.429 e. The summed E-state index contributed by atoms with van der Waals surface area (Å²) in [4.78, 5) is 29.6. The molecule has 1 heterocycles. The van der Waals surface area contributed by atoms with E-state index >= 15 is 0 Å². The first kappa shape index (κ1) is 17.3. The summed E-state index contributed by atoms with van der Waals surface area (Å²) in [5.74, 6) is -0.0521. The molecule has 1 N–H and O–H groups in total. The Morgan fingerprint density at radius 1 is 1.09 bits per heavy atom. The molecule has 6 heteroatoms. The van der Waals surface area contributed by atoms with Crippen molar-refractivity contribution in [3.05, 3.63) is 35.9 Å². The number of hydrogen-bond acceptors (Lipinski definition) is 5. The lowest BCUT2D eigenvalue weighted by Crippen LogP contribution is -2.64. The molecule has 1 aliphatic heterocycles. The number of rotatable bonds is 2. The van der Waals surface area contributed by atoms with E-state index in [1.165, 1.54) is 0 Å². The molecule has 6 nitrogen and oxygen atoms in total. The molecular formula is C17H23NO5. The lowest BCUT2D eigenvalue weighted by Gasteiger charge is -2.54. The van der Waals surface area contributed by atoms with Crippen LogP contribution in [0.1, 0.15) is 50.9 Å². The molecule has 126 valence electrons. The minimum Gasteiger partial charge on any atom is -0.429 e. The van der Waals surface area contributed by atoms with Gasteiger partial charge in [-0.3, -0.25) is 9.68 Å². The Morgan fingerprint density at radius 2 is 1.61 bits per heavy atom. The van der Waals surface area contributed by atoms with E-state index < -0.39 is 23.3 Å². The van der Waals surface area contributed by atoms with Gasteiger partial charge in [0.05, 0.1) is 0 Å². The summed E-state index contributed by atoms with van der Waals surface area (Å²) in [6.45, 7) is 7.76. The van der Waals surface area contributed by atoms with Crippen molar-refractivity contribution >= 4 is 12.1 Å². The summed E-state index contributed by atoms with van der Waals surface area (Å²) in [6.07, 6.45) is -0.627. The number of piperidine rings is 1. The quantitative estimate of drug-likeness (QED) is 0.513. The Hall–Kier alpha value is -2.08. The molecule has 0 saturated carbocycles. The predicted octanol–water partition coefficient (Wildman–Crippen LogP) is 3.47. The first-order valence-electron chi connectivity index (χ1n) is 7.59. The van der Waals surface area contributed by atoms with Gasteiger partial charge in [-0.25, -0.2) is 4.79 Å². The zero-order valence-corrected chi connectivity index (χ0v) is 13.9. The number of amides is 1. The summed E-state index contributed by atoms with van der Waals surface area (Å²) in [7, 11) is 0. The third kappa shape index (κ3) is 3.64. The number of ether oxygens (including phenoxy) is 1. The van der Waals surface area contributed by atoms with Gasteiger partial charge in [0.2, 0.25) is 0 Å². The van der Waals surface area contributed by atoms with Crippen LogP contribution in [0.4, 0.5) is 4.79 Å². The molecule has 0 unspecified atom stereocenters. The zero-order chi connectivity index (χ0) is 17.3. The number of benzene rings is 1. The van der Waals surface area contributed by atoms with Gasteiger partial charge < -0.3 is 9.64 Å². The molecule has 0 radical (unpaired) electrons. The highest BCUT2D eigenvalue weighted by molar-refractivity contribution is 5.95. The third-order valence-electron chi connectivity index (χ3n) is 4.23. The average molecular weight is 321 g/mol. The van der Waals surface area contributed by atoms with Gasteiger partial charge in [-0.05, 0) is 39.8 Å². The summed E-state index contributed by atoms with van der Waals surface area (Å²) in [6, 6.07) is 9.12. The number of nitrogens with zero attached hydrogens (tertiary/aromatic N) is 1. The van der Waals surface area contributed by atoms with Crippen LogP contribution in [-0.4, -0.2) is 39.4 Å². The second-order valence-corrected chi connectivity index (χ2v) is 7.12. The maximum atomic E-state index is 13.0. The number of carbonyl (C=O) groups excluding carboxylic acids is 2. The molecule has 1 saturated heterocycles. The molecule has 0 aromatic heterocycles. The van der Waals surface area contributed by atoms with Gasteiger partial charge in [0, 0.05) is 29.5 Å². The van der Waals surface area contributed by atoms with Crippen molar-refractivity contribution in [2.75, 3.05) is 0 Å². The lowest BCUT2D eigenvalue weighted by molar-refractivity contribution is -0.210. The number of hydrogen-bond donors (Lipinski definition) is 1. The summed E-state index contributed by atoms with van der Waals surface area (Å²) in [5.41, 5.74) is -0.410. The second-order valence-electron chi connectivity index (χ2n) is 7.12. The van der Waals surface area contributed by atoms with Crippen molar-refractivity contribution in [1.29, 1.82) is 0 Å². The Bertz CT molecular complexity index is 564. The van der Waals surface area contributed by atoms with Gasteiger partial charge in [-0.2, -0.15) is 5.26 Å². The summed E-state index contributed by atoms with van der Waals surface area (Å²) >= 11 is 0. The van der Waals surface area contributed by atoms with Crippen molar-refractivity contribution in [3.63, 3.8) is 0 Å². The molecule has 1 aliphatic rings. The molecule has 0 spiro atoms. The van der Waals surface area contributed by atoms with Crippen molar-refractivity contribution < 1.29 is 24.5 Å². The topological polar surface area (TPSA) is 76.1 Å². The standard InChI is InChI=1S/C17H23NO5/c1-16(2)10-13(22-15(20)23-21)11-17(3,4)18(16)14(19)12-8-6-5-7-9-12/h5-9,13,21H,10-11H2,1-4H3. The number of carbonyl (C=O) groups is 2. The van der Waals surface area contributed by atoms with E-state index in [9.17, 15) is 9.59 Å². The Labute approximate surface area is 135 Å². The van der Waals surface area contributed by atoms with Crippen LogP contribution in [0, 0.1) is 0 Å². The van der Waals surface area contributed by atoms with Crippen LogP contribution in [0.25, 0.3) is 0 Å². The first-order chi connectivity index (χ1) is 10.7. The average Bonchev–Trinajstić information content (AvgIpc) is 2.45. The predicted molar refractivity (Wildman–Crippen MR) is 84.0 cm³/mol. The fourth-order valence-electron chi connectivity index (χ4n) is 3.69. The van der Waals surface area contributed by atoms with Gasteiger partial charge in [-0.15, -0.1) is 0 Å². The highest BCUT2D eigenvalue weighted by Crippen LogP contribution is 2.40. The van der Waals surface area contributed by atoms with Crippen LogP contribution >= 0.6 is 0 Å². The van der Waals surface area contributed by atoms with E-state index in [1.807, 2.05) is 50.8 Å². The van der Waals surface area contributed by atoms with Crippen LogP contribution in [0.2, 0.25) is 0 Å². The molecule has 1 aromatic rings. The van der Waals surface area contributed by atoms with E-state index in [2.05, 4.69) is 4.89 Å². The molecule has 0 aliphatic carbocycles. The van der Waals surface area contributed by atoms with Gasteiger partial charge in [0.1, 0.15) is 6.10 Å². The molecule has 2 rings (SSSR count). The molecule has 0 bridgehead atoms. The third-order valence-corrected chi connectivity index (χ3v) is 4.23. The Balaban J connectivity index is 2.27. The van der Waals surface area contributed by atoms with Gasteiger partial charge in [-0.1, -0.05) is 18.2 Å². The highest BCUT2D eigenvalue weighted by Gasteiger charge is 2.49. The maximum Gasteiger partial charge on any atom is 0.540 e. The van der Waals surface area contributed by atoms with Gasteiger partial charge in [0.25, 0.3) is 5.91 Å². The van der Waals surface area contributed by atoms with Crippen molar-refractivity contribution in [3.8, 4) is 0 Å². The maximum absolute atomic E-state index is 13.0. The van der Waals surface area contributed by atoms with Gasteiger partial charge in [0.15, 0.2) is 0 Å². The van der Waals surface area contributed by atoms with Crippen LogP contribution in [-0.2, 0) is 9.62 Å². The molecule has 1 aromatic carbocycles. The minimum absolute atomic E-state index is 0.0521. The van der Waals surface area contributed by atoms with E-state index in [0.29, 0.717) is 18.4 Å². The van der Waals surface area contributed by atoms with Crippen LogP contribution in [0.3, 0.4) is 0 Å². The van der Waals surface area contributed by atoms with Gasteiger partial charge >= 0.3 is 6.16 Å². The van der Waals surface area contributed by atoms with Crippen molar-refractivity contribution in [2.24, 2.45) is 0 Å². The van der Waals surface area contributed by atoms with E-state index in [4.69, 9.17) is 9.99 Å². The molecule has 1 fully saturated rings. The SMILES string of the molecule is CC1(C)CC(OC(=O)OO)CC(C)(C)N1C(=O)c1ccccc1. The Morgan fingerprint density at radius 3 is 2.09 bits per heavy atom. The van der Waals surface area contributed by atoms with Crippen molar-refractivity contribution in [2.45, 2.75) is 57.7 Å². The fourth-order valence-corrected chi connectivity index (χ4v) is 3.69. The molecule has 23 heavy (non-hydrogen) atoms. The minimum atomic E-state index is -1.12. The van der Waals surface area contributed by atoms with E-state index in [1.54, 1.807) is 12.1 Å². The summed E-state index contributed by atoms with van der Waals surface area (Å²) in [5, 5.41) is 8.38. The monoisotopic (exact) mass is 321 g/mol. The van der Waals surface area contributed by atoms with Crippen LogP contribution in [0.15, 0.2) is 30.3 Å². The second kappa shape index (κ2) is 6.20. The van der Waals surface area contributed by atoms with E-state index in [0.717, 1.165) is 0 Å². The molecular weight excluding hydrogens is 298 g/mol. The normalized spacial score (nSPS) is 20.0. The molecule has 1 amide bonds. The molecule has 0 atom stereocenters. The largest absolute Gasteiger partial charge is 0.540 e. The highest BCUT2D eigenvalue weighted by atomic mass is 17.1. The zero-order valence-electron chi connectivity index (χ0n) is 13.9. The number of likely N-dealkylation sites (tertiary alicyclic amines) is 1. The first-order valence-corrected chi connectivity index (χ1v) is 7.59. The fraction of sp³-hybridized carbons (Fsp3) is 0.529. The Kier molecular flexibility index (Phi) is 4.66. The van der Waals surface area contributed by atoms with Crippen molar-refractivity contribution in [1.82, 2.24) is 4.90 Å². The lowest BCUT2D eigenvalue weighted by atomic mass is 9.77. The van der Waals surface area contributed by atoms with E-state index in [-0.39, 0.29) is 5.91 Å². The summed E-state index contributed by atoms with van der Waals surface area (Å²) < 4.78 is 5.10.